The Morgan fingerprint density at radius 1 is 1.22 bits per heavy atom. The second kappa shape index (κ2) is 6.35. The molecule has 102 valence electrons. The van der Waals surface area contributed by atoms with Crippen molar-refractivity contribution < 1.29 is 19.4 Å². The molecule has 0 atom stereocenters. The first-order chi connectivity index (χ1) is 7.90. The molecule has 0 fully saturated rings. The lowest BCUT2D eigenvalue weighted by Gasteiger charge is -2.23. The number of halogens is 1. The van der Waals surface area contributed by atoms with Crippen molar-refractivity contribution in [3.63, 3.8) is 0 Å². The van der Waals surface area contributed by atoms with E-state index >= 15 is 0 Å². The van der Waals surface area contributed by atoms with Gasteiger partial charge in [-0.3, -0.25) is 0 Å². The zero-order valence-electron chi connectivity index (χ0n) is 10.8. The van der Waals surface area contributed by atoms with E-state index in [1.165, 1.54) is 7.11 Å². The predicted octanol–water partition coefficient (Wildman–Crippen LogP) is 2.40. The maximum Gasteiger partial charge on any atom is 0.328 e. The molecule has 1 aromatic carbocycles. The van der Waals surface area contributed by atoms with Crippen LogP contribution in [0, 0.1) is 0 Å². The molecule has 0 radical (unpaired) electrons. The van der Waals surface area contributed by atoms with E-state index in [2.05, 4.69) is 5.32 Å². The van der Waals surface area contributed by atoms with Crippen LogP contribution in [0.25, 0.3) is 0 Å². The molecule has 0 aliphatic heterocycles. The standard InChI is InChI=1S/C12H17NO4.ClH/c1-12(2,11(14)15)13-8-5-6-9(16-3)10(7-8)17-4;/h5-7,13H,1-4H3,(H,14,15);1H. The third-order valence-corrected chi connectivity index (χ3v) is 2.38. The summed E-state index contributed by atoms with van der Waals surface area (Å²) in [7, 11) is 3.08. The molecule has 0 aliphatic rings. The van der Waals surface area contributed by atoms with Crippen molar-refractivity contribution in [2.45, 2.75) is 19.4 Å². The van der Waals surface area contributed by atoms with Crippen LogP contribution in [0.4, 0.5) is 5.69 Å². The van der Waals surface area contributed by atoms with Crippen LogP contribution in [-0.2, 0) is 4.79 Å². The molecule has 1 aromatic rings. The Bertz CT molecular complexity index is 421. The predicted molar refractivity (Wildman–Crippen MR) is 72.1 cm³/mol. The number of anilines is 1. The van der Waals surface area contributed by atoms with Gasteiger partial charge in [0.05, 0.1) is 14.2 Å². The van der Waals surface area contributed by atoms with Gasteiger partial charge >= 0.3 is 5.97 Å². The Labute approximate surface area is 113 Å². The van der Waals surface area contributed by atoms with E-state index in [1.54, 1.807) is 39.2 Å². The van der Waals surface area contributed by atoms with Gasteiger partial charge in [-0.2, -0.15) is 0 Å². The SMILES string of the molecule is COc1ccc(NC(C)(C)C(=O)O)cc1OC.Cl. The summed E-state index contributed by atoms with van der Waals surface area (Å²) in [5, 5.41) is 11.9. The van der Waals surface area contributed by atoms with Crippen LogP contribution >= 0.6 is 12.4 Å². The lowest BCUT2D eigenvalue weighted by Crippen LogP contribution is -2.39. The number of carboxylic acid groups (broad SMARTS) is 1. The van der Waals surface area contributed by atoms with Gasteiger partial charge in [-0.05, 0) is 26.0 Å². The average molecular weight is 276 g/mol. The van der Waals surface area contributed by atoms with Crippen molar-refractivity contribution >= 4 is 24.1 Å². The average Bonchev–Trinajstić information content (AvgIpc) is 2.28. The lowest BCUT2D eigenvalue weighted by molar-refractivity contribution is -0.141. The molecule has 0 saturated carbocycles. The molecule has 2 N–H and O–H groups in total. The van der Waals surface area contributed by atoms with Gasteiger partial charge in [0.2, 0.25) is 0 Å². The molecule has 0 heterocycles. The molecule has 0 aromatic heterocycles. The zero-order chi connectivity index (χ0) is 13.1. The summed E-state index contributed by atoms with van der Waals surface area (Å²) in [4.78, 5) is 11.0. The molecule has 0 saturated heterocycles. The first kappa shape index (κ1) is 16.4. The normalized spacial score (nSPS) is 10.2. The minimum Gasteiger partial charge on any atom is -0.493 e. The first-order valence-corrected chi connectivity index (χ1v) is 5.14. The van der Waals surface area contributed by atoms with Crippen molar-refractivity contribution in [3.8, 4) is 11.5 Å². The number of carbonyl (C=O) groups is 1. The van der Waals surface area contributed by atoms with Crippen molar-refractivity contribution in [3.05, 3.63) is 18.2 Å². The number of rotatable bonds is 5. The van der Waals surface area contributed by atoms with Crippen LogP contribution < -0.4 is 14.8 Å². The van der Waals surface area contributed by atoms with Crippen LogP contribution in [0.5, 0.6) is 11.5 Å². The van der Waals surface area contributed by atoms with Gasteiger partial charge in [0.25, 0.3) is 0 Å². The highest BCUT2D eigenvalue weighted by molar-refractivity contribution is 5.85. The van der Waals surface area contributed by atoms with Crippen LogP contribution in [0.1, 0.15) is 13.8 Å². The minimum atomic E-state index is -1.04. The second-order valence-corrected chi connectivity index (χ2v) is 4.12. The highest BCUT2D eigenvalue weighted by Crippen LogP contribution is 2.30. The Balaban J connectivity index is 0.00000289. The van der Waals surface area contributed by atoms with Gasteiger partial charge in [-0.1, -0.05) is 0 Å². The molecule has 5 nitrogen and oxygen atoms in total. The van der Waals surface area contributed by atoms with Gasteiger partial charge in [-0.15, -0.1) is 12.4 Å². The summed E-state index contributed by atoms with van der Waals surface area (Å²) in [6, 6.07) is 5.16. The van der Waals surface area contributed by atoms with E-state index in [-0.39, 0.29) is 12.4 Å². The highest BCUT2D eigenvalue weighted by atomic mass is 35.5. The van der Waals surface area contributed by atoms with Crippen LogP contribution in [0.2, 0.25) is 0 Å². The molecular weight excluding hydrogens is 258 g/mol. The third kappa shape index (κ3) is 3.70. The van der Waals surface area contributed by atoms with Crippen LogP contribution in [-0.4, -0.2) is 30.8 Å². The van der Waals surface area contributed by atoms with Crippen LogP contribution in [0.3, 0.4) is 0 Å². The van der Waals surface area contributed by atoms with Gasteiger partial charge in [0.1, 0.15) is 5.54 Å². The fourth-order valence-corrected chi connectivity index (χ4v) is 1.33. The van der Waals surface area contributed by atoms with Crippen molar-refractivity contribution in [1.29, 1.82) is 0 Å². The molecule has 0 unspecified atom stereocenters. The minimum absolute atomic E-state index is 0. The fraction of sp³-hybridized carbons (Fsp3) is 0.417. The molecule has 0 spiro atoms. The summed E-state index contributed by atoms with van der Waals surface area (Å²) in [5.41, 5.74) is -0.380. The Kier molecular flexibility index (Phi) is 5.78. The molecule has 0 amide bonds. The van der Waals surface area contributed by atoms with Gasteiger partial charge in [0, 0.05) is 11.8 Å². The largest absolute Gasteiger partial charge is 0.493 e. The van der Waals surface area contributed by atoms with Crippen molar-refractivity contribution in [1.82, 2.24) is 0 Å². The zero-order valence-corrected chi connectivity index (χ0v) is 11.6. The van der Waals surface area contributed by atoms with E-state index in [9.17, 15) is 4.79 Å². The monoisotopic (exact) mass is 275 g/mol. The van der Waals surface area contributed by atoms with Crippen LogP contribution in [0.15, 0.2) is 18.2 Å². The molecule has 18 heavy (non-hydrogen) atoms. The molecule has 0 bridgehead atoms. The van der Waals surface area contributed by atoms with E-state index in [1.807, 2.05) is 0 Å². The van der Waals surface area contributed by atoms with E-state index in [0.717, 1.165) is 0 Å². The number of methoxy groups -OCH3 is 2. The maximum absolute atomic E-state index is 11.0. The van der Waals surface area contributed by atoms with Gasteiger partial charge in [-0.25, -0.2) is 4.79 Å². The Morgan fingerprint density at radius 2 is 1.78 bits per heavy atom. The second-order valence-electron chi connectivity index (χ2n) is 4.12. The first-order valence-electron chi connectivity index (χ1n) is 5.14. The molecule has 6 heteroatoms. The Morgan fingerprint density at radius 3 is 2.22 bits per heavy atom. The summed E-state index contributed by atoms with van der Waals surface area (Å²) >= 11 is 0. The number of aliphatic carboxylic acids is 1. The maximum atomic E-state index is 11.0. The molecular formula is C12H18ClNO4. The number of benzene rings is 1. The summed E-state index contributed by atoms with van der Waals surface area (Å²) < 4.78 is 10.2. The summed E-state index contributed by atoms with van der Waals surface area (Å²) in [6.45, 7) is 3.18. The topological polar surface area (TPSA) is 67.8 Å². The van der Waals surface area contributed by atoms with Gasteiger partial charge < -0.3 is 19.9 Å². The molecule has 0 aliphatic carbocycles. The summed E-state index contributed by atoms with van der Waals surface area (Å²) in [6.07, 6.45) is 0. The quantitative estimate of drug-likeness (QED) is 0.864. The summed E-state index contributed by atoms with van der Waals surface area (Å²) in [5.74, 6) is 0.233. The number of hydrogen-bond donors (Lipinski definition) is 2. The third-order valence-electron chi connectivity index (χ3n) is 2.38. The van der Waals surface area contributed by atoms with Crippen molar-refractivity contribution in [2.24, 2.45) is 0 Å². The number of nitrogens with one attached hydrogen (secondary N) is 1. The van der Waals surface area contributed by atoms with Gasteiger partial charge in [0.15, 0.2) is 11.5 Å². The number of ether oxygens (including phenoxy) is 2. The molecule has 1 rings (SSSR count). The lowest BCUT2D eigenvalue weighted by atomic mass is 10.1. The number of carboxylic acids is 1. The van der Waals surface area contributed by atoms with Crippen molar-refractivity contribution in [2.75, 3.05) is 19.5 Å². The highest BCUT2D eigenvalue weighted by Gasteiger charge is 2.26. The van der Waals surface area contributed by atoms with E-state index in [0.29, 0.717) is 17.2 Å². The smallest absolute Gasteiger partial charge is 0.328 e. The fourth-order valence-electron chi connectivity index (χ4n) is 1.33. The van der Waals surface area contributed by atoms with E-state index < -0.39 is 11.5 Å². The Hall–Kier alpha value is -1.62. The number of hydrogen-bond acceptors (Lipinski definition) is 4. The van der Waals surface area contributed by atoms with E-state index in [4.69, 9.17) is 14.6 Å².